The first-order valence-corrected chi connectivity index (χ1v) is 5.28. The number of rotatable bonds is 5. The molecule has 0 amide bonds. The minimum Gasteiger partial charge on any atom is -0.463 e. The number of carbonyl (C=O) groups is 2. The van der Waals surface area contributed by atoms with Gasteiger partial charge in [0, 0.05) is 12.2 Å². The highest BCUT2D eigenvalue weighted by Crippen LogP contribution is 2.00. The summed E-state index contributed by atoms with van der Waals surface area (Å²) < 4.78 is 9.54. The Morgan fingerprint density at radius 3 is 2.24 bits per heavy atom. The third kappa shape index (κ3) is 5.51. The summed E-state index contributed by atoms with van der Waals surface area (Å²) >= 11 is 0. The van der Waals surface area contributed by atoms with Crippen LogP contribution >= 0.6 is 0 Å². The summed E-state index contributed by atoms with van der Waals surface area (Å²) in [5, 5.41) is 0. The molecular formula is C13H14O4. The van der Waals surface area contributed by atoms with E-state index in [-0.39, 0.29) is 13.2 Å². The summed E-state index contributed by atoms with van der Waals surface area (Å²) in [6.45, 7) is 2.16. The molecule has 1 aromatic rings. The lowest BCUT2D eigenvalue weighted by molar-refractivity contribution is -0.141. The summed E-state index contributed by atoms with van der Waals surface area (Å²) in [5.74, 6) is -1.12. The van der Waals surface area contributed by atoms with E-state index < -0.39 is 11.9 Å². The highest BCUT2D eigenvalue weighted by molar-refractivity contribution is 5.91. The van der Waals surface area contributed by atoms with Crippen LogP contribution in [0.5, 0.6) is 0 Å². The summed E-state index contributed by atoms with van der Waals surface area (Å²) in [5.41, 5.74) is 0.894. The Kier molecular flexibility index (Phi) is 5.51. The number of hydrogen-bond acceptors (Lipinski definition) is 4. The van der Waals surface area contributed by atoms with E-state index in [1.807, 2.05) is 30.3 Å². The van der Waals surface area contributed by atoms with Crippen molar-refractivity contribution in [2.24, 2.45) is 0 Å². The van der Waals surface area contributed by atoms with Crippen molar-refractivity contribution in [2.45, 2.75) is 13.5 Å². The molecule has 0 spiro atoms. The van der Waals surface area contributed by atoms with Crippen LogP contribution in [0.2, 0.25) is 0 Å². The maximum Gasteiger partial charge on any atom is 0.331 e. The predicted octanol–water partition coefficient (Wildman–Crippen LogP) is 1.85. The second-order valence-electron chi connectivity index (χ2n) is 3.18. The van der Waals surface area contributed by atoms with Gasteiger partial charge in [-0.2, -0.15) is 0 Å². The van der Waals surface area contributed by atoms with Crippen molar-refractivity contribution in [2.75, 3.05) is 6.61 Å². The molecule has 0 aliphatic heterocycles. The lowest BCUT2D eigenvalue weighted by Gasteiger charge is -2.01. The van der Waals surface area contributed by atoms with E-state index in [2.05, 4.69) is 4.74 Å². The first kappa shape index (κ1) is 13.0. The van der Waals surface area contributed by atoms with Crippen LogP contribution < -0.4 is 0 Å². The molecule has 0 bridgehead atoms. The van der Waals surface area contributed by atoms with Gasteiger partial charge >= 0.3 is 11.9 Å². The predicted molar refractivity (Wildman–Crippen MR) is 62.0 cm³/mol. The van der Waals surface area contributed by atoms with Crippen LogP contribution in [0.15, 0.2) is 42.5 Å². The molecule has 0 saturated heterocycles. The van der Waals surface area contributed by atoms with Crippen LogP contribution in [0.1, 0.15) is 12.5 Å². The maximum absolute atomic E-state index is 11.2. The summed E-state index contributed by atoms with van der Waals surface area (Å²) in [7, 11) is 0. The Morgan fingerprint density at radius 2 is 1.65 bits per heavy atom. The molecule has 0 radical (unpaired) electrons. The van der Waals surface area contributed by atoms with Gasteiger partial charge in [0.2, 0.25) is 0 Å². The van der Waals surface area contributed by atoms with Crippen LogP contribution in [0.3, 0.4) is 0 Å². The highest BCUT2D eigenvalue weighted by Gasteiger charge is 2.00. The first-order valence-electron chi connectivity index (χ1n) is 5.28. The van der Waals surface area contributed by atoms with E-state index >= 15 is 0 Å². The zero-order chi connectivity index (χ0) is 12.5. The lowest BCUT2D eigenvalue weighted by Crippen LogP contribution is -2.04. The summed E-state index contributed by atoms with van der Waals surface area (Å²) in [6, 6.07) is 9.30. The molecule has 0 saturated carbocycles. The lowest BCUT2D eigenvalue weighted by atomic mass is 10.2. The number of benzene rings is 1. The van der Waals surface area contributed by atoms with Crippen molar-refractivity contribution >= 4 is 11.9 Å². The maximum atomic E-state index is 11.2. The van der Waals surface area contributed by atoms with E-state index in [0.29, 0.717) is 0 Å². The Labute approximate surface area is 99.8 Å². The number of carbonyl (C=O) groups excluding carboxylic acids is 2. The van der Waals surface area contributed by atoms with E-state index in [9.17, 15) is 9.59 Å². The zero-order valence-electron chi connectivity index (χ0n) is 9.59. The van der Waals surface area contributed by atoms with E-state index in [1.54, 1.807) is 6.92 Å². The number of esters is 2. The number of ether oxygens (including phenoxy) is 2. The van der Waals surface area contributed by atoms with Crippen LogP contribution in [-0.2, 0) is 25.7 Å². The molecule has 1 rings (SSSR count). The van der Waals surface area contributed by atoms with Gasteiger partial charge in [-0.05, 0) is 12.5 Å². The van der Waals surface area contributed by atoms with Crippen molar-refractivity contribution in [1.29, 1.82) is 0 Å². The van der Waals surface area contributed by atoms with Gasteiger partial charge < -0.3 is 9.47 Å². The minimum atomic E-state index is -0.568. The molecule has 4 nitrogen and oxygen atoms in total. The Hall–Kier alpha value is -2.10. The Balaban J connectivity index is 2.33. The quantitative estimate of drug-likeness (QED) is 0.576. The third-order valence-corrected chi connectivity index (χ3v) is 1.87. The van der Waals surface area contributed by atoms with Crippen molar-refractivity contribution < 1.29 is 19.1 Å². The minimum absolute atomic E-state index is 0.187. The van der Waals surface area contributed by atoms with Gasteiger partial charge in [-0.15, -0.1) is 0 Å². The van der Waals surface area contributed by atoms with Gasteiger partial charge in [0.1, 0.15) is 6.61 Å². The molecule has 4 heteroatoms. The fourth-order valence-electron chi connectivity index (χ4n) is 1.10. The molecule has 0 fully saturated rings. The Bertz CT molecular complexity index is 395. The third-order valence-electron chi connectivity index (χ3n) is 1.87. The van der Waals surface area contributed by atoms with Gasteiger partial charge in [-0.1, -0.05) is 30.3 Å². The molecular weight excluding hydrogens is 220 g/mol. The van der Waals surface area contributed by atoms with Crippen molar-refractivity contribution in [1.82, 2.24) is 0 Å². The van der Waals surface area contributed by atoms with Crippen LogP contribution in [0.25, 0.3) is 0 Å². The summed E-state index contributed by atoms with van der Waals surface area (Å²) in [6.07, 6.45) is 2.11. The van der Waals surface area contributed by atoms with Crippen LogP contribution in [-0.4, -0.2) is 18.5 Å². The van der Waals surface area contributed by atoms with Crippen molar-refractivity contribution in [3.8, 4) is 0 Å². The van der Waals surface area contributed by atoms with E-state index in [4.69, 9.17) is 4.74 Å². The molecule has 0 aromatic heterocycles. The van der Waals surface area contributed by atoms with Crippen LogP contribution in [0, 0.1) is 0 Å². The molecule has 0 atom stereocenters. The zero-order valence-corrected chi connectivity index (χ0v) is 9.59. The summed E-state index contributed by atoms with van der Waals surface area (Å²) in [4.78, 5) is 22.1. The molecule has 0 aliphatic carbocycles. The second-order valence-corrected chi connectivity index (χ2v) is 3.18. The normalized spacial score (nSPS) is 10.2. The average Bonchev–Trinajstić information content (AvgIpc) is 2.35. The van der Waals surface area contributed by atoms with Gasteiger partial charge in [0.15, 0.2) is 0 Å². The van der Waals surface area contributed by atoms with Gasteiger partial charge in [-0.3, -0.25) is 0 Å². The Morgan fingerprint density at radius 1 is 1.06 bits per heavy atom. The monoisotopic (exact) mass is 234 g/mol. The average molecular weight is 234 g/mol. The van der Waals surface area contributed by atoms with Gasteiger partial charge in [0.05, 0.1) is 6.61 Å². The van der Waals surface area contributed by atoms with E-state index in [1.165, 1.54) is 0 Å². The van der Waals surface area contributed by atoms with E-state index in [0.717, 1.165) is 17.7 Å². The second kappa shape index (κ2) is 7.22. The van der Waals surface area contributed by atoms with Crippen molar-refractivity contribution in [3.63, 3.8) is 0 Å². The molecule has 0 heterocycles. The molecule has 0 unspecified atom stereocenters. The SMILES string of the molecule is CCOC(=O)C=CC(=O)OCc1ccccc1. The fourth-order valence-corrected chi connectivity index (χ4v) is 1.10. The molecule has 90 valence electrons. The standard InChI is InChI=1S/C13H14O4/c1-2-16-12(14)8-9-13(15)17-10-11-6-4-3-5-7-11/h3-9H,2,10H2,1H3. The molecule has 0 N–H and O–H groups in total. The van der Waals surface area contributed by atoms with Crippen molar-refractivity contribution in [3.05, 3.63) is 48.0 Å². The first-order chi connectivity index (χ1) is 8.22. The smallest absolute Gasteiger partial charge is 0.331 e. The van der Waals surface area contributed by atoms with Gasteiger partial charge in [0.25, 0.3) is 0 Å². The topological polar surface area (TPSA) is 52.6 Å². The van der Waals surface area contributed by atoms with Gasteiger partial charge in [-0.25, -0.2) is 9.59 Å². The van der Waals surface area contributed by atoms with Crippen LogP contribution in [0.4, 0.5) is 0 Å². The fraction of sp³-hybridized carbons (Fsp3) is 0.231. The molecule has 0 aliphatic rings. The molecule has 17 heavy (non-hydrogen) atoms. The highest BCUT2D eigenvalue weighted by atomic mass is 16.5. The number of hydrogen-bond donors (Lipinski definition) is 0. The molecule has 1 aromatic carbocycles. The largest absolute Gasteiger partial charge is 0.463 e.